The number of ether oxygens (including phenoxy) is 1. The van der Waals surface area contributed by atoms with E-state index in [0.717, 1.165) is 12.2 Å². The minimum absolute atomic E-state index is 0.229. The topological polar surface area (TPSA) is 55.7 Å². The largest absolute Gasteiger partial charge is 0.465 e. The number of nitrogens with zero attached hydrogens (tertiary/aromatic N) is 1. The van der Waals surface area contributed by atoms with Gasteiger partial charge in [0.2, 0.25) is 0 Å². The Balaban J connectivity index is 2.61. The maximum Gasteiger partial charge on any atom is 0.321 e. The standard InChI is InChI=1S/C9H15NO3S/c1-3-6-5-14-8(7(6)10-12)9(11)13-4-2/h6-8H,3-5H2,1-2H3. The van der Waals surface area contributed by atoms with Gasteiger partial charge in [0.15, 0.2) is 0 Å². The number of hydrogen-bond acceptors (Lipinski definition) is 5. The van der Waals surface area contributed by atoms with Crippen LogP contribution in [0.25, 0.3) is 0 Å². The molecule has 1 rings (SSSR count). The third-order valence-corrected chi connectivity index (χ3v) is 3.90. The molecule has 0 spiro atoms. The van der Waals surface area contributed by atoms with E-state index in [1.807, 2.05) is 6.92 Å². The molecule has 1 saturated heterocycles. The molecule has 0 radical (unpaired) electrons. The van der Waals surface area contributed by atoms with E-state index in [4.69, 9.17) is 4.74 Å². The van der Waals surface area contributed by atoms with Gasteiger partial charge in [-0.2, -0.15) is 4.91 Å². The number of carbonyl (C=O) groups excluding carboxylic acids is 1. The Morgan fingerprint density at radius 3 is 2.79 bits per heavy atom. The van der Waals surface area contributed by atoms with Gasteiger partial charge in [-0.1, -0.05) is 18.5 Å². The molecule has 0 saturated carbocycles. The van der Waals surface area contributed by atoms with Crippen molar-refractivity contribution in [1.29, 1.82) is 0 Å². The Kier molecular flexibility index (Phi) is 4.38. The molecular weight excluding hydrogens is 202 g/mol. The van der Waals surface area contributed by atoms with E-state index in [1.54, 1.807) is 6.92 Å². The van der Waals surface area contributed by atoms with Crippen molar-refractivity contribution in [1.82, 2.24) is 0 Å². The highest BCUT2D eigenvalue weighted by Crippen LogP contribution is 2.36. The average Bonchev–Trinajstić information content (AvgIpc) is 2.60. The van der Waals surface area contributed by atoms with Crippen molar-refractivity contribution in [2.45, 2.75) is 31.6 Å². The van der Waals surface area contributed by atoms with Gasteiger partial charge in [0.1, 0.15) is 11.3 Å². The maximum atomic E-state index is 11.4. The molecule has 0 aromatic heterocycles. The molecule has 1 fully saturated rings. The summed E-state index contributed by atoms with van der Waals surface area (Å²) >= 11 is 1.49. The summed E-state index contributed by atoms with van der Waals surface area (Å²) in [6.07, 6.45) is 0.888. The molecule has 4 nitrogen and oxygen atoms in total. The van der Waals surface area contributed by atoms with Crippen LogP contribution in [-0.4, -0.2) is 29.6 Å². The van der Waals surface area contributed by atoms with Gasteiger partial charge in [-0.25, -0.2) is 0 Å². The highest BCUT2D eigenvalue weighted by molar-refractivity contribution is 8.00. The molecule has 0 aliphatic carbocycles. The summed E-state index contributed by atoms with van der Waals surface area (Å²) in [5.74, 6) is 0.765. The van der Waals surface area contributed by atoms with Crippen molar-refractivity contribution in [2.75, 3.05) is 12.4 Å². The lowest BCUT2D eigenvalue weighted by Gasteiger charge is -2.14. The number of thioether (sulfide) groups is 1. The predicted octanol–water partition coefficient (Wildman–Crippen LogP) is 1.83. The minimum Gasteiger partial charge on any atom is -0.465 e. The molecule has 5 heteroatoms. The average molecular weight is 217 g/mol. The second kappa shape index (κ2) is 5.34. The second-order valence-electron chi connectivity index (χ2n) is 3.27. The Labute approximate surface area is 87.7 Å². The van der Waals surface area contributed by atoms with Crippen LogP contribution in [-0.2, 0) is 9.53 Å². The van der Waals surface area contributed by atoms with Crippen molar-refractivity contribution in [3.63, 3.8) is 0 Å². The van der Waals surface area contributed by atoms with Crippen LogP contribution in [0.4, 0.5) is 0 Å². The fourth-order valence-corrected chi connectivity index (χ4v) is 3.16. The summed E-state index contributed by atoms with van der Waals surface area (Å²) in [6.45, 7) is 4.13. The fraction of sp³-hybridized carbons (Fsp3) is 0.889. The quantitative estimate of drug-likeness (QED) is 0.532. The highest BCUT2D eigenvalue weighted by Gasteiger charge is 2.42. The number of esters is 1. The molecule has 3 unspecified atom stereocenters. The van der Waals surface area contributed by atoms with Crippen LogP contribution >= 0.6 is 11.8 Å². The molecule has 1 aliphatic heterocycles. The Morgan fingerprint density at radius 1 is 1.57 bits per heavy atom. The van der Waals surface area contributed by atoms with Gasteiger partial charge in [-0.05, 0) is 18.6 Å². The predicted molar refractivity (Wildman–Crippen MR) is 56.2 cm³/mol. The Morgan fingerprint density at radius 2 is 2.29 bits per heavy atom. The Bertz CT molecular complexity index is 222. The third-order valence-electron chi connectivity index (χ3n) is 2.45. The van der Waals surface area contributed by atoms with Crippen LogP contribution in [0.1, 0.15) is 20.3 Å². The molecule has 0 aromatic carbocycles. The van der Waals surface area contributed by atoms with Gasteiger partial charge >= 0.3 is 5.97 Å². The van der Waals surface area contributed by atoms with Crippen molar-refractivity contribution in [3.05, 3.63) is 4.91 Å². The zero-order valence-electron chi connectivity index (χ0n) is 8.43. The van der Waals surface area contributed by atoms with E-state index in [0.29, 0.717) is 6.61 Å². The third kappa shape index (κ3) is 2.26. The molecule has 0 amide bonds. The number of hydrogen-bond donors (Lipinski definition) is 0. The zero-order chi connectivity index (χ0) is 10.6. The van der Waals surface area contributed by atoms with Crippen LogP contribution in [0.2, 0.25) is 0 Å². The normalized spacial score (nSPS) is 31.4. The van der Waals surface area contributed by atoms with Crippen molar-refractivity contribution in [3.8, 4) is 0 Å². The fourth-order valence-electron chi connectivity index (χ4n) is 1.60. The van der Waals surface area contributed by atoms with E-state index in [9.17, 15) is 9.70 Å². The lowest BCUT2D eigenvalue weighted by atomic mass is 9.97. The van der Waals surface area contributed by atoms with E-state index < -0.39 is 6.04 Å². The van der Waals surface area contributed by atoms with Gasteiger partial charge in [0, 0.05) is 0 Å². The van der Waals surface area contributed by atoms with Crippen LogP contribution in [0.5, 0.6) is 0 Å². The maximum absolute atomic E-state index is 11.4. The van der Waals surface area contributed by atoms with Gasteiger partial charge < -0.3 is 4.74 Å². The van der Waals surface area contributed by atoms with E-state index in [2.05, 4.69) is 5.18 Å². The van der Waals surface area contributed by atoms with Crippen molar-refractivity contribution < 1.29 is 9.53 Å². The summed E-state index contributed by atoms with van der Waals surface area (Å²) < 4.78 is 4.89. The Hall–Kier alpha value is -0.580. The molecule has 0 bridgehead atoms. The van der Waals surface area contributed by atoms with Crippen LogP contribution in [0.15, 0.2) is 5.18 Å². The van der Waals surface area contributed by atoms with Crippen LogP contribution < -0.4 is 0 Å². The molecule has 80 valence electrons. The van der Waals surface area contributed by atoms with Crippen LogP contribution in [0, 0.1) is 10.8 Å². The first kappa shape index (κ1) is 11.5. The van der Waals surface area contributed by atoms with E-state index in [1.165, 1.54) is 11.8 Å². The molecule has 1 heterocycles. The summed E-state index contributed by atoms with van der Waals surface area (Å²) in [5.41, 5.74) is 0. The second-order valence-corrected chi connectivity index (χ2v) is 4.44. The van der Waals surface area contributed by atoms with E-state index in [-0.39, 0.29) is 17.1 Å². The lowest BCUT2D eigenvalue weighted by Crippen LogP contribution is -2.31. The number of carbonyl (C=O) groups is 1. The molecule has 3 atom stereocenters. The lowest BCUT2D eigenvalue weighted by molar-refractivity contribution is -0.142. The summed E-state index contributed by atoms with van der Waals surface area (Å²) in [7, 11) is 0. The zero-order valence-corrected chi connectivity index (χ0v) is 9.25. The number of rotatable bonds is 4. The summed E-state index contributed by atoms with van der Waals surface area (Å²) in [5, 5.41) is 2.68. The summed E-state index contributed by atoms with van der Waals surface area (Å²) in [6, 6.07) is -0.399. The smallest absolute Gasteiger partial charge is 0.321 e. The van der Waals surface area contributed by atoms with Crippen molar-refractivity contribution in [2.24, 2.45) is 11.1 Å². The molecule has 0 aromatic rings. The highest BCUT2D eigenvalue weighted by atomic mass is 32.2. The minimum atomic E-state index is -0.399. The monoisotopic (exact) mass is 217 g/mol. The van der Waals surface area contributed by atoms with Crippen LogP contribution in [0.3, 0.4) is 0 Å². The molecule has 14 heavy (non-hydrogen) atoms. The van der Waals surface area contributed by atoms with Gasteiger partial charge in [0.05, 0.1) is 6.61 Å². The first-order valence-electron chi connectivity index (χ1n) is 4.85. The van der Waals surface area contributed by atoms with E-state index >= 15 is 0 Å². The van der Waals surface area contributed by atoms with Gasteiger partial charge in [0.25, 0.3) is 0 Å². The molecule has 1 aliphatic rings. The van der Waals surface area contributed by atoms with Crippen molar-refractivity contribution >= 4 is 17.7 Å². The SMILES string of the molecule is CCOC(=O)C1SCC(CC)C1N=O. The summed E-state index contributed by atoms with van der Waals surface area (Å²) in [4.78, 5) is 22.1. The first-order chi connectivity index (χ1) is 6.74. The molecule has 0 N–H and O–H groups in total. The van der Waals surface area contributed by atoms with Gasteiger partial charge in [-0.15, -0.1) is 11.8 Å². The van der Waals surface area contributed by atoms with Gasteiger partial charge in [-0.3, -0.25) is 4.79 Å². The number of nitroso groups, excluding NO2 is 1. The molecular formula is C9H15NO3S. The first-order valence-corrected chi connectivity index (χ1v) is 5.90.